The van der Waals surface area contributed by atoms with Gasteiger partial charge in [0.25, 0.3) is 0 Å². The number of aliphatic hydroxyl groups excluding tert-OH is 1. The summed E-state index contributed by atoms with van der Waals surface area (Å²) in [7, 11) is 0. The third-order valence-electron chi connectivity index (χ3n) is 4.13. The van der Waals surface area contributed by atoms with Crippen molar-refractivity contribution in [2.24, 2.45) is 5.41 Å². The molecule has 0 saturated heterocycles. The first-order valence-electron chi connectivity index (χ1n) is 6.79. The number of hydrogen-bond acceptors (Lipinski definition) is 2. The van der Waals surface area contributed by atoms with Gasteiger partial charge < -0.3 is 10.4 Å². The topological polar surface area (TPSA) is 49.3 Å². The summed E-state index contributed by atoms with van der Waals surface area (Å²) in [6, 6.07) is 3.39. The summed E-state index contributed by atoms with van der Waals surface area (Å²) in [5.41, 5.74) is 0.147. The summed E-state index contributed by atoms with van der Waals surface area (Å²) in [5, 5.41) is 12.3. The minimum absolute atomic E-state index is 0.00914. The van der Waals surface area contributed by atoms with Crippen LogP contribution in [-0.4, -0.2) is 23.7 Å². The first-order chi connectivity index (χ1) is 9.44. The van der Waals surface area contributed by atoms with E-state index in [0.29, 0.717) is 5.56 Å². The molecule has 0 bridgehead atoms. The molecule has 1 aliphatic rings. The van der Waals surface area contributed by atoms with E-state index in [1.807, 2.05) is 6.92 Å². The Balaban J connectivity index is 1.97. The van der Waals surface area contributed by atoms with Gasteiger partial charge in [0.2, 0.25) is 5.91 Å². The Bertz CT molecular complexity index is 507. The number of halogens is 2. The van der Waals surface area contributed by atoms with Crippen LogP contribution >= 0.6 is 0 Å². The quantitative estimate of drug-likeness (QED) is 0.889. The van der Waals surface area contributed by atoms with Gasteiger partial charge in [0.1, 0.15) is 0 Å². The molecule has 20 heavy (non-hydrogen) atoms. The Morgan fingerprint density at radius 1 is 1.45 bits per heavy atom. The molecule has 2 N–H and O–H groups in total. The number of carbonyl (C=O) groups excluding carboxylic acids is 1. The fourth-order valence-corrected chi connectivity index (χ4v) is 2.75. The van der Waals surface area contributed by atoms with Crippen molar-refractivity contribution in [2.45, 2.75) is 38.6 Å². The van der Waals surface area contributed by atoms with Crippen LogP contribution in [0.5, 0.6) is 0 Å². The van der Waals surface area contributed by atoms with Gasteiger partial charge in [-0.1, -0.05) is 19.4 Å². The lowest BCUT2D eigenvalue weighted by molar-refractivity contribution is -0.122. The molecule has 5 heteroatoms. The SMILES string of the molecule is CC1(CO)CCCC1NC(=O)Cc1ccc(F)c(F)c1. The van der Waals surface area contributed by atoms with E-state index in [-0.39, 0.29) is 30.4 Å². The zero-order valence-corrected chi connectivity index (χ0v) is 11.5. The molecule has 3 nitrogen and oxygen atoms in total. The predicted octanol–water partition coefficient (Wildman–Crippen LogP) is 2.17. The Morgan fingerprint density at radius 3 is 2.85 bits per heavy atom. The van der Waals surface area contributed by atoms with Gasteiger partial charge in [0.05, 0.1) is 13.0 Å². The zero-order valence-electron chi connectivity index (χ0n) is 11.5. The van der Waals surface area contributed by atoms with Gasteiger partial charge in [-0.25, -0.2) is 8.78 Å². The number of carbonyl (C=O) groups is 1. The largest absolute Gasteiger partial charge is 0.396 e. The average molecular weight is 283 g/mol. The van der Waals surface area contributed by atoms with Gasteiger partial charge in [-0.2, -0.15) is 0 Å². The number of rotatable bonds is 4. The molecule has 1 saturated carbocycles. The second-order valence-electron chi connectivity index (χ2n) is 5.75. The zero-order chi connectivity index (χ0) is 14.8. The van der Waals surface area contributed by atoms with E-state index in [4.69, 9.17) is 0 Å². The fraction of sp³-hybridized carbons (Fsp3) is 0.533. The monoisotopic (exact) mass is 283 g/mol. The van der Waals surface area contributed by atoms with Gasteiger partial charge in [-0.15, -0.1) is 0 Å². The Hall–Kier alpha value is -1.49. The smallest absolute Gasteiger partial charge is 0.224 e. The van der Waals surface area contributed by atoms with E-state index in [1.54, 1.807) is 0 Å². The second kappa shape index (κ2) is 5.87. The summed E-state index contributed by atoms with van der Waals surface area (Å²) >= 11 is 0. The highest BCUT2D eigenvalue weighted by molar-refractivity contribution is 5.79. The van der Waals surface area contributed by atoms with Gasteiger partial charge >= 0.3 is 0 Å². The van der Waals surface area contributed by atoms with Gasteiger partial charge in [-0.3, -0.25) is 4.79 Å². The molecule has 0 aliphatic heterocycles. The molecular weight excluding hydrogens is 264 g/mol. The van der Waals surface area contributed by atoms with Gasteiger partial charge in [0, 0.05) is 11.5 Å². The number of nitrogens with one attached hydrogen (secondary N) is 1. The summed E-state index contributed by atoms with van der Waals surface area (Å²) in [6.07, 6.45) is 2.68. The molecule has 1 amide bonds. The highest BCUT2D eigenvalue weighted by Crippen LogP contribution is 2.37. The highest BCUT2D eigenvalue weighted by atomic mass is 19.2. The first-order valence-corrected chi connectivity index (χ1v) is 6.79. The molecule has 2 unspecified atom stereocenters. The van der Waals surface area contributed by atoms with Crippen LogP contribution in [0.4, 0.5) is 8.78 Å². The number of aliphatic hydroxyl groups is 1. The lowest BCUT2D eigenvalue weighted by Crippen LogP contribution is -2.45. The molecule has 0 heterocycles. The summed E-state index contributed by atoms with van der Waals surface area (Å²) in [6.45, 7) is 1.98. The number of amides is 1. The lowest BCUT2D eigenvalue weighted by Gasteiger charge is -2.30. The molecule has 2 rings (SSSR count). The predicted molar refractivity (Wildman–Crippen MR) is 71.0 cm³/mol. The standard InChI is InChI=1S/C15H19F2NO2/c1-15(9-19)6-2-3-13(15)18-14(20)8-10-4-5-11(16)12(17)7-10/h4-5,7,13,19H,2-3,6,8-9H2,1H3,(H,18,20). The molecule has 0 radical (unpaired) electrons. The first kappa shape index (κ1) is 14.9. The van der Waals surface area contributed by atoms with Crippen LogP contribution in [-0.2, 0) is 11.2 Å². The van der Waals surface area contributed by atoms with Crippen molar-refractivity contribution in [1.29, 1.82) is 0 Å². The fourth-order valence-electron chi connectivity index (χ4n) is 2.75. The van der Waals surface area contributed by atoms with E-state index in [0.717, 1.165) is 31.4 Å². The van der Waals surface area contributed by atoms with Gasteiger partial charge in [0.15, 0.2) is 11.6 Å². The lowest BCUT2D eigenvalue weighted by atomic mass is 9.85. The molecule has 110 valence electrons. The van der Waals surface area contributed by atoms with Crippen LogP contribution in [0.15, 0.2) is 18.2 Å². The molecule has 1 aromatic rings. The summed E-state index contributed by atoms with van der Waals surface area (Å²) < 4.78 is 25.9. The molecule has 2 atom stereocenters. The van der Waals surface area contributed by atoms with Crippen LogP contribution in [0.1, 0.15) is 31.7 Å². The van der Waals surface area contributed by atoms with Crippen LogP contribution < -0.4 is 5.32 Å². The molecule has 1 fully saturated rings. The molecule has 0 aromatic heterocycles. The highest BCUT2D eigenvalue weighted by Gasteiger charge is 2.38. The maximum Gasteiger partial charge on any atom is 0.224 e. The summed E-state index contributed by atoms with van der Waals surface area (Å²) in [5.74, 6) is -2.10. The van der Waals surface area contributed by atoms with Gasteiger partial charge in [-0.05, 0) is 30.5 Å². The maximum atomic E-state index is 13.1. The van der Waals surface area contributed by atoms with E-state index in [1.165, 1.54) is 6.07 Å². The van der Waals surface area contributed by atoms with Crippen LogP contribution in [0, 0.1) is 17.0 Å². The van der Waals surface area contributed by atoms with Crippen LogP contribution in [0.25, 0.3) is 0 Å². The molecular formula is C15H19F2NO2. The Morgan fingerprint density at radius 2 is 2.20 bits per heavy atom. The van der Waals surface area contributed by atoms with E-state index in [9.17, 15) is 18.7 Å². The van der Waals surface area contributed by atoms with Crippen molar-refractivity contribution < 1.29 is 18.7 Å². The summed E-state index contributed by atoms with van der Waals surface area (Å²) in [4.78, 5) is 12.0. The third kappa shape index (κ3) is 3.15. The molecule has 1 aliphatic carbocycles. The van der Waals surface area contributed by atoms with Crippen molar-refractivity contribution in [1.82, 2.24) is 5.32 Å². The van der Waals surface area contributed by atoms with Crippen molar-refractivity contribution in [3.05, 3.63) is 35.4 Å². The molecule has 0 spiro atoms. The van der Waals surface area contributed by atoms with Crippen LogP contribution in [0.2, 0.25) is 0 Å². The van der Waals surface area contributed by atoms with Crippen molar-refractivity contribution in [3.63, 3.8) is 0 Å². The van der Waals surface area contributed by atoms with E-state index < -0.39 is 11.6 Å². The second-order valence-corrected chi connectivity index (χ2v) is 5.75. The Kier molecular flexibility index (Phi) is 4.38. The number of hydrogen-bond donors (Lipinski definition) is 2. The third-order valence-corrected chi connectivity index (χ3v) is 4.13. The van der Waals surface area contributed by atoms with Crippen molar-refractivity contribution >= 4 is 5.91 Å². The molecule has 1 aromatic carbocycles. The van der Waals surface area contributed by atoms with Crippen molar-refractivity contribution in [3.8, 4) is 0 Å². The van der Waals surface area contributed by atoms with E-state index in [2.05, 4.69) is 5.32 Å². The van der Waals surface area contributed by atoms with E-state index >= 15 is 0 Å². The number of benzene rings is 1. The van der Waals surface area contributed by atoms with Crippen LogP contribution in [0.3, 0.4) is 0 Å². The average Bonchev–Trinajstić information content (AvgIpc) is 2.76. The Labute approximate surface area is 117 Å². The minimum atomic E-state index is -0.948. The minimum Gasteiger partial charge on any atom is -0.396 e. The normalized spacial score (nSPS) is 25.7. The van der Waals surface area contributed by atoms with Crippen molar-refractivity contribution in [2.75, 3.05) is 6.61 Å². The maximum absolute atomic E-state index is 13.1.